The Kier molecular flexibility index (Phi) is 6.62. The summed E-state index contributed by atoms with van der Waals surface area (Å²) in [6, 6.07) is 8.88. The first kappa shape index (κ1) is 21.5. The van der Waals surface area contributed by atoms with Gasteiger partial charge in [0.15, 0.2) is 0 Å². The Morgan fingerprint density at radius 3 is 2.45 bits per heavy atom. The molecule has 2 aliphatic heterocycles. The molecule has 164 valence electrons. The monoisotopic (exact) mass is 444 g/mol. The van der Waals surface area contributed by atoms with E-state index in [9.17, 15) is 18.8 Å². The van der Waals surface area contributed by atoms with E-state index in [0.29, 0.717) is 49.7 Å². The zero-order valence-electron chi connectivity index (χ0n) is 17.1. The van der Waals surface area contributed by atoms with Crippen molar-refractivity contribution in [2.24, 2.45) is 0 Å². The fraction of sp³-hybridized carbons (Fsp3) is 0.409. The van der Waals surface area contributed by atoms with Gasteiger partial charge in [-0.05, 0) is 48.6 Å². The number of thiophene rings is 1. The highest BCUT2D eigenvalue weighted by molar-refractivity contribution is 7.12. The Labute approximate surface area is 184 Å². The molecule has 9 heteroatoms. The molecule has 1 aromatic carbocycles. The van der Waals surface area contributed by atoms with Crippen molar-refractivity contribution in [2.75, 3.05) is 44.6 Å². The van der Waals surface area contributed by atoms with Crippen LogP contribution >= 0.6 is 11.3 Å². The topological polar surface area (TPSA) is 73.0 Å². The molecule has 31 heavy (non-hydrogen) atoms. The van der Waals surface area contributed by atoms with Crippen LogP contribution in [-0.4, -0.2) is 77.7 Å². The van der Waals surface area contributed by atoms with Gasteiger partial charge in [0.1, 0.15) is 11.9 Å². The van der Waals surface area contributed by atoms with Crippen LogP contribution in [0.3, 0.4) is 0 Å². The number of piperazine rings is 1. The number of nitrogens with zero attached hydrogens (tertiary/aromatic N) is 3. The Morgan fingerprint density at radius 1 is 1.03 bits per heavy atom. The molecule has 2 saturated heterocycles. The van der Waals surface area contributed by atoms with Crippen LogP contribution in [-0.2, 0) is 9.59 Å². The maximum absolute atomic E-state index is 13.1. The first-order valence-electron chi connectivity index (χ1n) is 10.4. The number of rotatable bonds is 5. The minimum absolute atomic E-state index is 0.00202. The fourth-order valence-corrected chi connectivity index (χ4v) is 4.76. The molecule has 3 amide bonds. The number of anilines is 1. The Hall–Kier alpha value is -2.78. The lowest BCUT2D eigenvalue weighted by Crippen LogP contribution is -2.55. The molecule has 0 radical (unpaired) electrons. The second-order valence-corrected chi connectivity index (χ2v) is 8.74. The number of hydrogen-bond donors (Lipinski definition) is 1. The van der Waals surface area contributed by atoms with E-state index in [-0.39, 0.29) is 30.1 Å². The number of amides is 3. The summed E-state index contributed by atoms with van der Waals surface area (Å²) >= 11 is 1.40. The third kappa shape index (κ3) is 5.11. The highest BCUT2D eigenvalue weighted by atomic mass is 32.1. The van der Waals surface area contributed by atoms with Crippen molar-refractivity contribution >= 4 is 34.7 Å². The van der Waals surface area contributed by atoms with Crippen molar-refractivity contribution < 1.29 is 18.8 Å². The zero-order valence-corrected chi connectivity index (χ0v) is 17.9. The number of likely N-dealkylation sites (tertiary alicyclic amines) is 1. The van der Waals surface area contributed by atoms with Crippen LogP contribution in [0.5, 0.6) is 0 Å². The van der Waals surface area contributed by atoms with Gasteiger partial charge in [-0.25, -0.2) is 4.39 Å². The minimum atomic E-state index is -0.400. The van der Waals surface area contributed by atoms with Crippen LogP contribution in [0, 0.1) is 5.82 Å². The number of halogens is 1. The molecule has 2 fully saturated rings. The molecule has 3 heterocycles. The van der Waals surface area contributed by atoms with E-state index in [4.69, 9.17) is 0 Å². The predicted molar refractivity (Wildman–Crippen MR) is 116 cm³/mol. The lowest BCUT2D eigenvalue weighted by molar-refractivity contribution is -0.137. The first-order valence-corrected chi connectivity index (χ1v) is 11.3. The first-order chi connectivity index (χ1) is 15.0. The van der Waals surface area contributed by atoms with E-state index in [1.54, 1.807) is 15.9 Å². The number of carbonyl (C=O) groups excluding carboxylic acids is 3. The van der Waals surface area contributed by atoms with E-state index >= 15 is 0 Å². The Bertz CT molecular complexity index is 927. The summed E-state index contributed by atoms with van der Waals surface area (Å²) in [5, 5.41) is 4.62. The maximum atomic E-state index is 13.1. The van der Waals surface area contributed by atoms with E-state index in [0.717, 1.165) is 6.42 Å². The van der Waals surface area contributed by atoms with Crippen molar-refractivity contribution in [1.82, 2.24) is 14.7 Å². The Balaban J connectivity index is 1.27. The minimum Gasteiger partial charge on any atom is -0.338 e. The average Bonchev–Trinajstić information content (AvgIpc) is 3.47. The summed E-state index contributed by atoms with van der Waals surface area (Å²) in [7, 11) is 0. The third-order valence-electron chi connectivity index (χ3n) is 5.71. The molecule has 2 aromatic rings. The summed E-state index contributed by atoms with van der Waals surface area (Å²) in [5.41, 5.74) is 0.553. The lowest BCUT2D eigenvalue weighted by atomic mass is 10.1. The standard InChI is InChI=1S/C22H25FN4O3S/c23-16-5-7-17(8-6-16)24-20(28)15-25-10-12-26(13-11-25)21(29)18-3-1-9-27(18)22(30)19-4-2-14-31-19/h2,4-8,14,18H,1,3,9-13,15H2,(H,24,28)/t18-/m0/s1. The van der Waals surface area contributed by atoms with Gasteiger partial charge in [0.25, 0.3) is 5.91 Å². The average molecular weight is 445 g/mol. The molecule has 1 aromatic heterocycles. The van der Waals surface area contributed by atoms with Crippen molar-refractivity contribution in [1.29, 1.82) is 0 Å². The van der Waals surface area contributed by atoms with Crippen LogP contribution in [0.2, 0.25) is 0 Å². The van der Waals surface area contributed by atoms with E-state index in [1.807, 2.05) is 16.3 Å². The molecule has 4 rings (SSSR count). The van der Waals surface area contributed by atoms with Gasteiger partial charge in [0, 0.05) is 38.4 Å². The molecule has 7 nitrogen and oxygen atoms in total. The number of hydrogen-bond acceptors (Lipinski definition) is 5. The normalized spacial score (nSPS) is 19.5. The molecule has 0 unspecified atom stereocenters. The molecule has 1 atom stereocenters. The molecule has 0 bridgehead atoms. The molecule has 0 saturated carbocycles. The van der Waals surface area contributed by atoms with Gasteiger partial charge in [0.05, 0.1) is 11.4 Å². The van der Waals surface area contributed by atoms with Gasteiger partial charge in [-0.2, -0.15) is 0 Å². The molecule has 0 spiro atoms. The van der Waals surface area contributed by atoms with E-state index in [2.05, 4.69) is 5.32 Å². The molecule has 0 aliphatic carbocycles. The van der Waals surface area contributed by atoms with Crippen LogP contribution in [0.1, 0.15) is 22.5 Å². The van der Waals surface area contributed by atoms with E-state index in [1.165, 1.54) is 35.6 Å². The van der Waals surface area contributed by atoms with Crippen LogP contribution < -0.4 is 5.32 Å². The molecule has 2 aliphatic rings. The summed E-state index contributed by atoms with van der Waals surface area (Å²) < 4.78 is 13.0. The summed E-state index contributed by atoms with van der Waals surface area (Å²) in [6.45, 7) is 3.06. The smallest absolute Gasteiger partial charge is 0.264 e. The molecule has 1 N–H and O–H groups in total. The summed E-state index contributed by atoms with van der Waals surface area (Å²) in [6.07, 6.45) is 1.52. The Morgan fingerprint density at radius 2 is 1.77 bits per heavy atom. The van der Waals surface area contributed by atoms with E-state index < -0.39 is 6.04 Å². The largest absolute Gasteiger partial charge is 0.338 e. The number of carbonyl (C=O) groups is 3. The summed E-state index contributed by atoms with van der Waals surface area (Å²) in [4.78, 5) is 44.2. The van der Waals surface area contributed by atoms with Crippen LogP contribution in [0.4, 0.5) is 10.1 Å². The van der Waals surface area contributed by atoms with Gasteiger partial charge >= 0.3 is 0 Å². The van der Waals surface area contributed by atoms with Crippen molar-refractivity contribution in [3.8, 4) is 0 Å². The highest BCUT2D eigenvalue weighted by Gasteiger charge is 2.38. The fourth-order valence-electron chi connectivity index (χ4n) is 4.08. The van der Waals surface area contributed by atoms with Gasteiger partial charge in [-0.1, -0.05) is 6.07 Å². The number of benzene rings is 1. The second kappa shape index (κ2) is 9.57. The van der Waals surface area contributed by atoms with Gasteiger partial charge in [-0.3, -0.25) is 19.3 Å². The van der Waals surface area contributed by atoms with Crippen LogP contribution in [0.25, 0.3) is 0 Å². The van der Waals surface area contributed by atoms with Crippen molar-refractivity contribution in [2.45, 2.75) is 18.9 Å². The van der Waals surface area contributed by atoms with Gasteiger partial charge < -0.3 is 15.1 Å². The second-order valence-electron chi connectivity index (χ2n) is 7.79. The maximum Gasteiger partial charge on any atom is 0.264 e. The quantitative estimate of drug-likeness (QED) is 0.768. The van der Waals surface area contributed by atoms with Crippen molar-refractivity contribution in [3.63, 3.8) is 0 Å². The van der Waals surface area contributed by atoms with Gasteiger partial charge in [0.2, 0.25) is 11.8 Å². The molecular formula is C22H25FN4O3S. The summed E-state index contributed by atoms with van der Waals surface area (Å²) in [5.74, 6) is -0.591. The van der Waals surface area contributed by atoms with Gasteiger partial charge in [-0.15, -0.1) is 11.3 Å². The zero-order chi connectivity index (χ0) is 21.8. The van der Waals surface area contributed by atoms with Crippen LogP contribution in [0.15, 0.2) is 41.8 Å². The molecular weight excluding hydrogens is 419 g/mol. The highest BCUT2D eigenvalue weighted by Crippen LogP contribution is 2.24. The lowest BCUT2D eigenvalue weighted by Gasteiger charge is -2.37. The third-order valence-corrected chi connectivity index (χ3v) is 6.57. The SMILES string of the molecule is O=C(CN1CCN(C(=O)[C@@H]2CCCN2C(=O)c2cccs2)CC1)Nc1ccc(F)cc1. The number of nitrogens with one attached hydrogen (secondary N) is 1. The predicted octanol–water partition coefficient (Wildman–Crippen LogP) is 2.27. The van der Waals surface area contributed by atoms with Crippen molar-refractivity contribution in [3.05, 3.63) is 52.5 Å².